The van der Waals surface area contributed by atoms with Gasteiger partial charge in [-0.3, -0.25) is 19.2 Å². The molecule has 2 aliphatic rings. The van der Waals surface area contributed by atoms with E-state index in [-0.39, 0.29) is 30.1 Å². The maximum atomic E-state index is 11.8. The number of piperidine rings is 2. The third-order valence-corrected chi connectivity index (χ3v) is 5.50. The van der Waals surface area contributed by atoms with Crippen LogP contribution in [0.5, 0.6) is 0 Å². The molecule has 32 heavy (non-hydrogen) atoms. The molecule has 8 heteroatoms. The lowest BCUT2D eigenvalue weighted by Gasteiger charge is -2.29. The Hall–Kier alpha value is -3.68. The largest absolute Gasteiger partial charge is 0.481 e. The molecule has 2 heterocycles. The zero-order chi connectivity index (χ0) is 22.9. The molecule has 0 radical (unpaired) electrons. The van der Waals surface area contributed by atoms with Crippen molar-refractivity contribution in [3.8, 4) is 0 Å². The van der Waals surface area contributed by atoms with E-state index in [0.29, 0.717) is 32.4 Å². The monoisotopic (exact) mass is 437 g/mol. The van der Waals surface area contributed by atoms with Gasteiger partial charge in [0.1, 0.15) is 0 Å². The summed E-state index contributed by atoms with van der Waals surface area (Å²) in [6, 6.07) is 18.6. The van der Waals surface area contributed by atoms with Gasteiger partial charge in [-0.1, -0.05) is 36.4 Å². The number of rotatable bonds is 4. The van der Waals surface area contributed by atoms with Crippen molar-refractivity contribution in [3.05, 3.63) is 60.7 Å². The van der Waals surface area contributed by atoms with E-state index in [4.69, 9.17) is 5.11 Å². The summed E-state index contributed by atoms with van der Waals surface area (Å²) >= 11 is 0. The van der Waals surface area contributed by atoms with Crippen molar-refractivity contribution in [2.45, 2.75) is 25.7 Å². The molecule has 2 aliphatic heterocycles. The van der Waals surface area contributed by atoms with Gasteiger partial charge in [0.25, 0.3) is 0 Å². The van der Waals surface area contributed by atoms with Crippen molar-refractivity contribution in [1.82, 2.24) is 5.32 Å². The highest BCUT2D eigenvalue weighted by Crippen LogP contribution is 2.24. The molecule has 0 aliphatic carbocycles. The summed E-state index contributed by atoms with van der Waals surface area (Å²) in [5.41, 5.74) is 1.62. The Kier molecular flexibility index (Phi) is 7.96. The summed E-state index contributed by atoms with van der Waals surface area (Å²) in [7, 11) is 0. The third kappa shape index (κ3) is 6.41. The van der Waals surface area contributed by atoms with E-state index < -0.39 is 11.9 Å². The number of hydrogen-bond acceptors (Lipinski definition) is 4. The SMILES string of the molecule is O=C(O)C1CCN(c2ccccc2)C(=O)C1.O=C1CC(C(=O)Nc2ccccc2)CCN1. The molecular formula is C24H27N3O5. The van der Waals surface area contributed by atoms with Crippen LogP contribution in [0.25, 0.3) is 0 Å². The molecule has 3 amide bonds. The highest BCUT2D eigenvalue weighted by Gasteiger charge is 2.30. The van der Waals surface area contributed by atoms with Gasteiger partial charge in [-0.05, 0) is 37.1 Å². The third-order valence-electron chi connectivity index (χ3n) is 5.50. The van der Waals surface area contributed by atoms with Crippen LogP contribution in [0.3, 0.4) is 0 Å². The van der Waals surface area contributed by atoms with E-state index in [9.17, 15) is 19.2 Å². The first-order valence-electron chi connectivity index (χ1n) is 10.6. The molecule has 2 atom stereocenters. The number of aliphatic carboxylic acids is 1. The molecule has 4 rings (SSSR count). The number of benzene rings is 2. The highest BCUT2D eigenvalue weighted by molar-refractivity contribution is 5.97. The maximum Gasteiger partial charge on any atom is 0.307 e. The van der Waals surface area contributed by atoms with Gasteiger partial charge in [0.05, 0.1) is 5.92 Å². The minimum Gasteiger partial charge on any atom is -0.481 e. The first kappa shape index (κ1) is 23.0. The summed E-state index contributed by atoms with van der Waals surface area (Å²) in [6.45, 7) is 1.07. The lowest BCUT2D eigenvalue weighted by molar-refractivity contribution is -0.144. The quantitative estimate of drug-likeness (QED) is 0.680. The highest BCUT2D eigenvalue weighted by atomic mass is 16.4. The predicted molar refractivity (Wildman–Crippen MR) is 120 cm³/mol. The molecule has 0 saturated carbocycles. The van der Waals surface area contributed by atoms with E-state index >= 15 is 0 Å². The fraction of sp³-hybridized carbons (Fsp3) is 0.333. The smallest absolute Gasteiger partial charge is 0.307 e. The van der Waals surface area contributed by atoms with Gasteiger partial charge < -0.3 is 20.6 Å². The Labute approximate surface area is 186 Å². The number of carboxylic acid groups (broad SMARTS) is 1. The molecule has 3 N–H and O–H groups in total. The topological polar surface area (TPSA) is 116 Å². The fourth-order valence-electron chi connectivity index (χ4n) is 3.70. The minimum atomic E-state index is -0.874. The zero-order valence-corrected chi connectivity index (χ0v) is 17.7. The summed E-state index contributed by atoms with van der Waals surface area (Å²) in [6.07, 6.45) is 1.63. The van der Waals surface area contributed by atoms with Crippen molar-refractivity contribution < 1.29 is 24.3 Å². The Morgan fingerprint density at radius 2 is 1.56 bits per heavy atom. The van der Waals surface area contributed by atoms with Crippen LogP contribution in [0.2, 0.25) is 0 Å². The first-order valence-corrected chi connectivity index (χ1v) is 10.6. The van der Waals surface area contributed by atoms with Crippen molar-refractivity contribution >= 4 is 35.1 Å². The molecule has 0 aromatic heterocycles. The number of para-hydroxylation sites is 2. The molecule has 2 fully saturated rings. The van der Waals surface area contributed by atoms with Crippen LogP contribution in [0.1, 0.15) is 25.7 Å². The van der Waals surface area contributed by atoms with E-state index in [1.165, 1.54) is 0 Å². The molecule has 0 bridgehead atoms. The van der Waals surface area contributed by atoms with Gasteiger partial charge in [-0.2, -0.15) is 0 Å². The number of carbonyl (C=O) groups excluding carboxylic acids is 3. The first-order chi connectivity index (χ1) is 15.4. The average molecular weight is 437 g/mol. The second-order valence-corrected chi connectivity index (χ2v) is 7.80. The number of amides is 3. The van der Waals surface area contributed by atoms with Gasteiger partial charge >= 0.3 is 5.97 Å². The second-order valence-electron chi connectivity index (χ2n) is 7.80. The van der Waals surface area contributed by atoms with Crippen molar-refractivity contribution in [1.29, 1.82) is 0 Å². The zero-order valence-electron chi connectivity index (χ0n) is 17.7. The van der Waals surface area contributed by atoms with Crippen LogP contribution < -0.4 is 15.5 Å². The average Bonchev–Trinajstić information content (AvgIpc) is 2.80. The molecule has 2 aromatic rings. The Bertz CT molecular complexity index is 945. The van der Waals surface area contributed by atoms with Gasteiger partial charge in [-0.25, -0.2) is 0 Å². The van der Waals surface area contributed by atoms with E-state index in [1.807, 2.05) is 60.7 Å². The molecular weight excluding hydrogens is 410 g/mol. The Morgan fingerprint density at radius 1 is 0.906 bits per heavy atom. The normalized spacial score (nSPS) is 20.4. The van der Waals surface area contributed by atoms with Gasteiger partial charge in [-0.15, -0.1) is 0 Å². The fourth-order valence-corrected chi connectivity index (χ4v) is 3.70. The predicted octanol–water partition coefficient (Wildman–Crippen LogP) is 2.67. The molecule has 0 spiro atoms. The molecule has 2 aromatic carbocycles. The number of nitrogens with zero attached hydrogens (tertiary/aromatic N) is 1. The number of nitrogens with one attached hydrogen (secondary N) is 2. The molecule has 2 unspecified atom stereocenters. The van der Waals surface area contributed by atoms with Crippen LogP contribution in [0.4, 0.5) is 11.4 Å². The van der Waals surface area contributed by atoms with E-state index in [2.05, 4.69) is 10.6 Å². The maximum absolute atomic E-state index is 11.8. The summed E-state index contributed by atoms with van der Waals surface area (Å²) in [5, 5.41) is 14.4. The van der Waals surface area contributed by atoms with Crippen LogP contribution in [0.15, 0.2) is 60.7 Å². The van der Waals surface area contributed by atoms with Crippen molar-refractivity contribution in [2.24, 2.45) is 11.8 Å². The number of hydrogen-bond donors (Lipinski definition) is 3. The number of carbonyl (C=O) groups is 4. The van der Waals surface area contributed by atoms with Crippen LogP contribution in [-0.2, 0) is 19.2 Å². The standard InChI is InChI=1S/C12H14N2O2.C12H13NO3/c15-11-8-9(6-7-13-11)12(16)14-10-4-2-1-3-5-10;14-11-8-9(12(15)16)6-7-13(11)10-4-2-1-3-5-10/h1-5,9H,6-8H2,(H,13,15)(H,14,16);1-5,9H,6-8H2,(H,15,16). The van der Waals surface area contributed by atoms with Crippen LogP contribution in [-0.4, -0.2) is 41.9 Å². The number of anilines is 2. The summed E-state index contributed by atoms with van der Waals surface area (Å²) in [4.78, 5) is 47.2. The lowest BCUT2D eigenvalue weighted by Crippen LogP contribution is -2.40. The minimum absolute atomic E-state index is 0.0422. The Balaban J connectivity index is 0.000000181. The molecule has 168 valence electrons. The van der Waals surface area contributed by atoms with Gasteiger partial charge in [0.2, 0.25) is 17.7 Å². The van der Waals surface area contributed by atoms with E-state index in [0.717, 1.165) is 11.4 Å². The second kappa shape index (κ2) is 11.1. The summed E-state index contributed by atoms with van der Waals surface area (Å²) < 4.78 is 0. The van der Waals surface area contributed by atoms with Crippen molar-refractivity contribution in [2.75, 3.05) is 23.3 Å². The summed E-state index contributed by atoms with van der Waals surface area (Å²) in [5.74, 6) is -1.81. The van der Waals surface area contributed by atoms with Gasteiger partial charge in [0.15, 0.2) is 0 Å². The molecule has 8 nitrogen and oxygen atoms in total. The van der Waals surface area contributed by atoms with Crippen LogP contribution >= 0.6 is 0 Å². The van der Waals surface area contributed by atoms with Crippen LogP contribution in [0, 0.1) is 11.8 Å². The van der Waals surface area contributed by atoms with Gasteiger partial charge in [0, 0.05) is 43.2 Å². The number of carboxylic acids is 1. The van der Waals surface area contributed by atoms with Crippen molar-refractivity contribution in [3.63, 3.8) is 0 Å². The Morgan fingerprint density at radius 3 is 2.16 bits per heavy atom. The molecule has 2 saturated heterocycles. The lowest BCUT2D eigenvalue weighted by atomic mass is 9.96. The van der Waals surface area contributed by atoms with E-state index in [1.54, 1.807) is 4.90 Å².